The number of hydrogen-bond donors (Lipinski definition) is 1. The minimum absolute atomic E-state index is 0.0624. The highest BCUT2D eigenvalue weighted by Gasteiger charge is 2.06. The maximum absolute atomic E-state index is 11.6. The van der Waals surface area contributed by atoms with E-state index in [1.165, 1.54) is 18.0 Å². The maximum Gasteiger partial charge on any atom is 0.416 e. The Labute approximate surface area is 110 Å². The number of hydrogen-bond acceptors (Lipinski definition) is 4. The van der Waals surface area contributed by atoms with Crippen LogP contribution in [0.25, 0.3) is 0 Å². The van der Waals surface area contributed by atoms with Gasteiger partial charge in [-0.15, -0.1) is 0 Å². The first-order valence-electron chi connectivity index (χ1n) is 5.39. The van der Waals surface area contributed by atoms with Crippen LogP contribution in [0, 0.1) is 0 Å². The van der Waals surface area contributed by atoms with Crippen LogP contribution in [0.1, 0.15) is 17.3 Å². The van der Waals surface area contributed by atoms with Crippen LogP contribution in [0.15, 0.2) is 36.5 Å². The summed E-state index contributed by atoms with van der Waals surface area (Å²) in [6.07, 6.45) is 4.49. The molecule has 0 bridgehead atoms. The molecule has 0 aliphatic carbocycles. The molecule has 1 aromatic carbocycles. The van der Waals surface area contributed by atoms with Gasteiger partial charge in [0.1, 0.15) is 5.75 Å². The Balaban J connectivity index is 2.60. The molecule has 0 saturated heterocycles. The van der Waals surface area contributed by atoms with Gasteiger partial charge in [0.25, 0.3) is 0 Å². The number of amides is 1. The average molecular weight is 265 g/mol. The smallest absolute Gasteiger partial charge is 0.410 e. The highest BCUT2D eigenvalue weighted by molar-refractivity contribution is 7.99. The molecule has 0 fully saturated rings. The van der Waals surface area contributed by atoms with E-state index in [1.807, 2.05) is 6.26 Å². The highest BCUT2D eigenvalue weighted by atomic mass is 32.2. The molecule has 0 unspecified atom stereocenters. The second-order valence-corrected chi connectivity index (χ2v) is 4.28. The van der Waals surface area contributed by atoms with Crippen molar-refractivity contribution in [1.29, 1.82) is 0 Å². The number of rotatable bonds is 5. The van der Waals surface area contributed by atoms with Crippen molar-refractivity contribution in [3.63, 3.8) is 0 Å². The average Bonchev–Trinajstić information content (AvgIpc) is 2.37. The van der Waals surface area contributed by atoms with Crippen molar-refractivity contribution in [1.82, 2.24) is 5.32 Å². The van der Waals surface area contributed by atoms with Crippen LogP contribution < -0.4 is 10.1 Å². The summed E-state index contributed by atoms with van der Waals surface area (Å²) in [5.41, 5.74) is 0.616. The summed E-state index contributed by atoms with van der Waals surface area (Å²) < 4.78 is 4.99. The summed E-state index contributed by atoms with van der Waals surface area (Å²) in [6.45, 7) is 1.78. The first-order valence-corrected chi connectivity index (χ1v) is 6.78. The fourth-order valence-electron chi connectivity index (χ4n) is 1.21. The molecule has 96 valence electrons. The van der Waals surface area contributed by atoms with Crippen LogP contribution in [-0.4, -0.2) is 23.9 Å². The van der Waals surface area contributed by atoms with E-state index in [4.69, 9.17) is 4.74 Å². The minimum atomic E-state index is -0.559. The topological polar surface area (TPSA) is 55.4 Å². The monoisotopic (exact) mass is 265 g/mol. The van der Waals surface area contributed by atoms with E-state index >= 15 is 0 Å². The third-order valence-electron chi connectivity index (χ3n) is 2.03. The third-order valence-corrected chi connectivity index (χ3v) is 2.58. The summed E-state index contributed by atoms with van der Waals surface area (Å²) in [4.78, 5) is 22.8. The van der Waals surface area contributed by atoms with Crippen LogP contribution in [-0.2, 0) is 0 Å². The number of ether oxygens (including phenoxy) is 1. The van der Waals surface area contributed by atoms with Gasteiger partial charge in [-0.3, -0.25) is 10.1 Å². The lowest BCUT2D eigenvalue weighted by atomic mass is 10.1. The predicted molar refractivity (Wildman–Crippen MR) is 73.1 cm³/mol. The van der Waals surface area contributed by atoms with Gasteiger partial charge in [-0.1, -0.05) is 6.08 Å². The van der Waals surface area contributed by atoms with Gasteiger partial charge in [-0.25, -0.2) is 4.79 Å². The van der Waals surface area contributed by atoms with E-state index in [2.05, 4.69) is 5.32 Å². The van der Waals surface area contributed by atoms with E-state index in [9.17, 15) is 9.59 Å². The van der Waals surface area contributed by atoms with E-state index in [-0.39, 0.29) is 5.78 Å². The molecule has 0 aliphatic heterocycles. The van der Waals surface area contributed by atoms with E-state index in [1.54, 1.807) is 37.3 Å². The zero-order chi connectivity index (χ0) is 13.4. The van der Waals surface area contributed by atoms with Crippen LogP contribution in [0.3, 0.4) is 0 Å². The lowest BCUT2D eigenvalue weighted by Crippen LogP contribution is -2.21. The zero-order valence-electron chi connectivity index (χ0n) is 10.3. The van der Waals surface area contributed by atoms with Gasteiger partial charge in [0.15, 0.2) is 5.78 Å². The molecule has 0 saturated carbocycles. The number of carbonyl (C=O) groups excluding carboxylic acids is 2. The molecule has 4 nitrogen and oxygen atoms in total. The van der Waals surface area contributed by atoms with Gasteiger partial charge in [-0.05, 0) is 37.4 Å². The van der Waals surface area contributed by atoms with Crippen LogP contribution in [0.4, 0.5) is 4.79 Å². The number of thioether (sulfide) groups is 1. The zero-order valence-corrected chi connectivity index (χ0v) is 11.1. The van der Waals surface area contributed by atoms with Crippen molar-refractivity contribution < 1.29 is 14.3 Å². The second-order valence-electron chi connectivity index (χ2n) is 3.41. The molecule has 1 rings (SSSR count). The first-order chi connectivity index (χ1) is 8.67. The third kappa shape index (κ3) is 4.63. The van der Waals surface area contributed by atoms with Crippen LogP contribution in [0.5, 0.6) is 5.75 Å². The number of nitrogens with one attached hydrogen (secondary N) is 1. The molecule has 1 N–H and O–H groups in total. The molecule has 0 aliphatic rings. The summed E-state index contributed by atoms with van der Waals surface area (Å²) in [5.74, 6) is 0.909. The summed E-state index contributed by atoms with van der Waals surface area (Å²) in [6, 6.07) is 6.50. The van der Waals surface area contributed by atoms with E-state index < -0.39 is 6.09 Å². The first kappa shape index (κ1) is 14.3. The molecule has 5 heteroatoms. The Morgan fingerprint density at radius 3 is 2.56 bits per heavy atom. The Hall–Kier alpha value is -1.75. The molecule has 0 spiro atoms. The van der Waals surface area contributed by atoms with Gasteiger partial charge < -0.3 is 4.74 Å². The lowest BCUT2D eigenvalue weighted by Gasteiger charge is -2.04. The van der Waals surface area contributed by atoms with E-state index in [0.29, 0.717) is 17.1 Å². The van der Waals surface area contributed by atoms with Crippen LogP contribution >= 0.6 is 11.8 Å². The highest BCUT2D eigenvalue weighted by Crippen LogP contribution is 2.13. The molecule has 18 heavy (non-hydrogen) atoms. The number of benzene rings is 1. The Kier molecular flexibility index (Phi) is 6.00. The van der Waals surface area contributed by atoms with Crippen molar-refractivity contribution in [2.24, 2.45) is 0 Å². The molecule has 1 amide bonds. The number of ketones is 1. The predicted octanol–water partition coefficient (Wildman–Crippen LogP) is 2.85. The quantitative estimate of drug-likeness (QED) is 0.832. The number of allylic oxidation sites excluding steroid dienone is 1. The lowest BCUT2D eigenvalue weighted by molar-refractivity contribution is 0.102. The van der Waals surface area contributed by atoms with Gasteiger partial charge in [0.05, 0.1) is 5.75 Å². The molecule has 1 aromatic rings. The van der Waals surface area contributed by atoms with Gasteiger partial charge in [0.2, 0.25) is 0 Å². The molecular weight excluding hydrogens is 250 g/mol. The van der Waals surface area contributed by atoms with Crippen molar-refractivity contribution in [2.75, 3.05) is 12.0 Å². The fourth-order valence-corrected chi connectivity index (χ4v) is 1.64. The van der Waals surface area contributed by atoms with Gasteiger partial charge in [-0.2, -0.15) is 11.8 Å². The summed E-state index contributed by atoms with van der Waals surface area (Å²) in [5, 5.41) is 2.43. The minimum Gasteiger partial charge on any atom is -0.410 e. The normalized spacial score (nSPS) is 10.3. The van der Waals surface area contributed by atoms with Crippen molar-refractivity contribution in [3.05, 3.63) is 42.1 Å². The standard InChI is InChI=1S/C13H15NO3S/c1-3-8-14-13(16)17-11-6-4-10(5-7-11)12(15)9-18-2/h3-8H,9H2,1-2H3,(H,14,16). The Morgan fingerprint density at radius 1 is 1.33 bits per heavy atom. The van der Waals surface area contributed by atoms with Crippen molar-refractivity contribution in [2.45, 2.75) is 6.92 Å². The summed E-state index contributed by atoms with van der Waals surface area (Å²) in [7, 11) is 0. The number of Topliss-reactive ketones (excluding diaryl/α,β-unsaturated/α-hetero) is 1. The Morgan fingerprint density at radius 2 is 2.00 bits per heavy atom. The Bertz CT molecular complexity index is 440. The molecule has 0 radical (unpaired) electrons. The van der Waals surface area contributed by atoms with Crippen molar-refractivity contribution >= 4 is 23.6 Å². The van der Waals surface area contributed by atoms with Crippen molar-refractivity contribution in [3.8, 4) is 5.75 Å². The molecule has 0 heterocycles. The molecular formula is C13H15NO3S. The number of carbonyl (C=O) groups is 2. The molecule has 0 atom stereocenters. The maximum atomic E-state index is 11.6. The van der Waals surface area contributed by atoms with E-state index in [0.717, 1.165) is 0 Å². The van der Waals surface area contributed by atoms with Gasteiger partial charge >= 0.3 is 6.09 Å². The second kappa shape index (κ2) is 7.55. The fraction of sp³-hybridized carbons (Fsp3) is 0.231. The SMILES string of the molecule is CC=CNC(=O)Oc1ccc(C(=O)CSC)cc1. The molecule has 0 aromatic heterocycles. The largest absolute Gasteiger partial charge is 0.416 e. The van der Waals surface area contributed by atoms with Crippen LogP contribution in [0.2, 0.25) is 0 Å². The van der Waals surface area contributed by atoms with Gasteiger partial charge in [0, 0.05) is 11.8 Å². The summed E-state index contributed by atoms with van der Waals surface area (Å²) >= 11 is 1.48.